The second-order valence-electron chi connectivity index (χ2n) is 6.59. The van der Waals surface area contributed by atoms with Crippen molar-refractivity contribution in [2.45, 2.75) is 58.5 Å². The van der Waals surface area contributed by atoms with Gasteiger partial charge in [-0.2, -0.15) is 0 Å². The molecule has 1 atom stereocenters. The van der Waals surface area contributed by atoms with Crippen LogP contribution in [0.2, 0.25) is 0 Å². The fourth-order valence-electron chi connectivity index (χ4n) is 3.04. The van der Waals surface area contributed by atoms with Gasteiger partial charge in [0.25, 0.3) is 0 Å². The summed E-state index contributed by atoms with van der Waals surface area (Å²) in [5.41, 5.74) is 0. The Morgan fingerprint density at radius 2 is 1.50 bits per heavy atom. The van der Waals surface area contributed by atoms with E-state index in [4.69, 9.17) is 4.74 Å². The van der Waals surface area contributed by atoms with Crippen LogP contribution in [0.4, 0.5) is 0 Å². The Morgan fingerprint density at radius 1 is 0.923 bits per heavy atom. The summed E-state index contributed by atoms with van der Waals surface area (Å²) in [6.45, 7) is 4.30. The van der Waals surface area contributed by atoms with E-state index in [1.807, 2.05) is 12.1 Å². The molecular formula is C23H31O2P. The van der Waals surface area contributed by atoms with E-state index < -0.39 is 7.92 Å². The second-order valence-corrected chi connectivity index (χ2v) is 8.92. The van der Waals surface area contributed by atoms with Crippen LogP contribution in [0.5, 0.6) is 0 Å². The van der Waals surface area contributed by atoms with Crippen LogP contribution in [0, 0.1) is 0 Å². The van der Waals surface area contributed by atoms with Crippen molar-refractivity contribution < 1.29 is 9.53 Å². The molecule has 2 rings (SSSR count). The van der Waals surface area contributed by atoms with Crippen molar-refractivity contribution in [2.24, 2.45) is 0 Å². The van der Waals surface area contributed by atoms with Crippen molar-refractivity contribution in [3.05, 3.63) is 60.7 Å². The highest BCUT2D eigenvalue weighted by Crippen LogP contribution is 2.34. The maximum atomic E-state index is 12.4. The van der Waals surface area contributed by atoms with E-state index in [2.05, 4.69) is 62.4 Å². The summed E-state index contributed by atoms with van der Waals surface area (Å²) in [4.78, 5) is 12.4. The van der Waals surface area contributed by atoms with E-state index in [0.29, 0.717) is 6.42 Å². The monoisotopic (exact) mass is 370 g/mol. The number of carbonyl (C=O) groups excluding carboxylic acids is 1. The van der Waals surface area contributed by atoms with Gasteiger partial charge in [-0.25, -0.2) is 0 Å². The predicted molar refractivity (Wildman–Crippen MR) is 113 cm³/mol. The van der Waals surface area contributed by atoms with Crippen LogP contribution in [-0.4, -0.2) is 18.2 Å². The van der Waals surface area contributed by atoms with E-state index in [0.717, 1.165) is 25.4 Å². The first-order valence-corrected chi connectivity index (χ1v) is 11.3. The quantitative estimate of drug-likeness (QED) is 0.300. The van der Waals surface area contributed by atoms with Crippen molar-refractivity contribution >= 4 is 24.5 Å². The third-order valence-corrected chi connectivity index (χ3v) is 7.07. The van der Waals surface area contributed by atoms with Crippen molar-refractivity contribution in [3.63, 3.8) is 0 Å². The minimum absolute atomic E-state index is 0.0484. The summed E-state index contributed by atoms with van der Waals surface area (Å²) in [6, 6.07) is 21.1. The number of unbranched alkanes of at least 4 members (excludes halogenated alkanes) is 2. The van der Waals surface area contributed by atoms with Crippen molar-refractivity contribution in [2.75, 3.05) is 6.16 Å². The lowest BCUT2D eigenvalue weighted by atomic mass is 10.1. The van der Waals surface area contributed by atoms with Gasteiger partial charge in [-0.05, 0) is 44.0 Å². The van der Waals surface area contributed by atoms with Gasteiger partial charge in [0.15, 0.2) is 0 Å². The van der Waals surface area contributed by atoms with Crippen LogP contribution in [0.1, 0.15) is 52.4 Å². The average Bonchev–Trinajstić information content (AvgIpc) is 2.69. The zero-order valence-electron chi connectivity index (χ0n) is 16.1. The zero-order chi connectivity index (χ0) is 18.6. The molecule has 2 nitrogen and oxygen atoms in total. The van der Waals surface area contributed by atoms with E-state index in [-0.39, 0.29) is 12.1 Å². The van der Waals surface area contributed by atoms with Gasteiger partial charge in [0.2, 0.25) is 0 Å². The first-order chi connectivity index (χ1) is 12.7. The number of rotatable bonds is 11. The Hall–Kier alpha value is -1.66. The number of carbonyl (C=O) groups is 1. The molecule has 0 aliphatic rings. The molecule has 2 aromatic rings. The lowest BCUT2D eigenvalue weighted by Gasteiger charge is -2.20. The standard InChI is InChI=1S/C23H31O2P/c1-3-5-8-13-20(4-2)25-23(24)18-19-26(21-14-9-6-10-15-21)22-16-11-7-12-17-22/h6-7,9-12,14-17,20H,3-5,8,13,18-19H2,1-2H3. The molecule has 140 valence electrons. The minimum atomic E-state index is -0.527. The van der Waals surface area contributed by atoms with Gasteiger partial charge in [-0.1, -0.05) is 87.4 Å². The van der Waals surface area contributed by atoms with Gasteiger partial charge in [0.1, 0.15) is 6.10 Å². The molecule has 0 N–H and O–H groups in total. The Kier molecular flexibility index (Phi) is 9.42. The van der Waals surface area contributed by atoms with Gasteiger partial charge < -0.3 is 4.74 Å². The SMILES string of the molecule is CCCCCC(CC)OC(=O)CCP(c1ccccc1)c1ccccc1. The predicted octanol–water partition coefficient (Wildman–Crippen LogP) is 5.41. The molecule has 0 spiro atoms. The molecule has 0 saturated heterocycles. The number of hydrogen-bond donors (Lipinski definition) is 0. The Morgan fingerprint density at radius 3 is 2.00 bits per heavy atom. The fraction of sp³-hybridized carbons (Fsp3) is 0.435. The molecule has 0 amide bonds. The largest absolute Gasteiger partial charge is 0.462 e. The van der Waals surface area contributed by atoms with Gasteiger partial charge in [-0.15, -0.1) is 0 Å². The Labute approximate surface area is 159 Å². The highest BCUT2D eigenvalue weighted by molar-refractivity contribution is 7.73. The molecule has 0 aliphatic heterocycles. The summed E-state index contributed by atoms with van der Waals surface area (Å²) in [7, 11) is -0.527. The van der Waals surface area contributed by atoms with E-state index >= 15 is 0 Å². The maximum absolute atomic E-state index is 12.4. The topological polar surface area (TPSA) is 26.3 Å². The van der Waals surface area contributed by atoms with E-state index in [1.54, 1.807) is 0 Å². The maximum Gasteiger partial charge on any atom is 0.306 e. The minimum Gasteiger partial charge on any atom is -0.462 e. The molecule has 0 heterocycles. The van der Waals surface area contributed by atoms with Gasteiger partial charge in [0.05, 0.1) is 6.42 Å². The Bertz CT molecular complexity index is 588. The van der Waals surface area contributed by atoms with Gasteiger partial charge in [0, 0.05) is 0 Å². The van der Waals surface area contributed by atoms with E-state index in [1.165, 1.54) is 23.5 Å². The van der Waals surface area contributed by atoms with Gasteiger partial charge in [-0.3, -0.25) is 4.79 Å². The van der Waals surface area contributed by atoms with Crippen LogP contribution in [0.15, 0.2) is 60.7 Å². The molecular weight excluding hydrogens is 339 g/mol. The molecule has 0 aromatic heterocycles. The lowest BCUT2D eigenvalue weighted by molar-refractivity contribution is -0.149. The van der Waals surface area contributed by atoms with E-state index in [9.17, 15) is 4.79 Å². The lowest BCUT2D eigenvalue weighted by Crippen LogP contribution is -2.20. The summed E-state index contributed by atoms with van der Waals surface area (Å²) in [5.74, 6) is -0.0484. The zero-order valence-corrected chi connectivity index (χ0v) is 17.0. The van der Waals surface area contributed by atoms with Crippen molar-refractivity contribution in [1.29, 1.82) is 0 Å². The normalized spacial score (nSPS) is 12.1. The number of esters is 1. The molecule has 0 fully saturated rings. The number of benzene rings is 2. The van der Waals surface area contributed by atoms with Crippen molar-refractivity contribution in [1.82, 2.24) is 0 Å². The average molecular weight is 370 g/mol. The van der Waals surface area contributed by atoms with Crippen LogP contribution >= 0.6 is 7.92 Å². The summed E-state index contributed by atoms with van der Waals surface area (Å²) >= 11 is 0. The highest BCUT2D eigenvalue weighted by atomic mass is 31.1. The summed E-state index contributed by atoms with van der Waals surface area (Å²) in [6.07, 6.45) is 6.85. The molecule has 26 heavy (non-hydrogen) atoms. The molecule has 0 saturated carbocycles. The van der Waals surface area contributed by atoms with Crippen LogP contribution < -0.4 is 10.6 Å². The first-order valence-electron chi connectivity index (χ1n) is 9.81. The fourth-order valence-corrected chi connectivity index (χ4v) is 5.32. The number of hydrogen-bond acceptors (Lipinski definition) is 2. The van der Waals surface area contributed by atoms with Crippen LogP contribution in [0.25, 0.3) is 0 Å². The molecule has 1 unspecified atom stereocenters. The van der Waals surface area contributed by atoms with Crippen LogP contribution in [0.3, 0.4) is 0 Å². The second kappa shape index (κ2) is 11.9. The first kappa shape index (κ1) is 20.6. The third-order valence-electron chi connectivity index (χ3n) is 4.56. The third kappa shape index (κ3) is 6.92. The number of ether oxygens (including phenoxy) is 1. The van der Waals surface area contributed by atoms with Crippen LogP contribution in [-0.2, 0) is 9.53 Å². The molecule has 0 radical (unpaired) electrons. The van der Waals surface area contributed by atoms with Gasteiger partial charge >= 0.3 is 5.97 Å². The molecule has 0 bridgehead atoms. The van der Waals surface area contributed by atoms with Crippen molar-refractivity contribution in [3.8, 4) is 0 Å². The summed E-state index contributed by atoms with van der Waals surface area (Å²) in [5, 5.41) is 2.63. The highest BCUT2D eigenvalue weighted by Gasteiger charge is 2.17. The Balaban J connectivity index is 1.95. The molecule has 0 aliphatic carbocycles. The summed E-state index contributed by atoms with van der Waals surface area (Å²) < 4.78 is 5.74. The molecule has 3 heteroatoms. The smallest absolute Gasteiger partial charge is 0.306 e. The molecule has 2 aromatic carbocycles.